The normalized spacial score (nSPS) is 11.5. The number of carbonyl (C=O) groups excluding carboxylic acids is 2. The summed E-state index contributed by atoms with van der Waals surface area (Å²) in [5.41, 5.74) is 2.03. The lowest BCUT2D eigenvalue weighted by molar-refractivity contribution is -0.124. The highest BCUT2D eigenvalue weighted by molar-refractivity contribution is 5.91. The van der Waals surface area contributed by atoms with E-state index in [0.717, 1.165) is 11.3 Å². The van der Waals surface area contributed by atoms with Crippen molar-refractivity contribution in [1.29, 1.82) is 0 Å². The van der Waals surface area contributed by atoms with Crippen molar-refractivity contribution in [3.8, 4) is 11.4 Å². The largest absolute Gasteiger partial charge is 0.496 e. The van der Waals surface area contributed by atoms with E-state index in [-0.39, 0.29) is 18.6 Å². The first-order valence-electron chi connectivity index (χ1n) is 8.78. The number of nitrogens with zero attached hydrogens (tertiary/aromatic N) is 2. The Morgan fingerprint density at radius 2 is 1.86 bits per heavy atom. The van der Waals surface area contributed by atoms with E-state index in [2.05, 4.69) is 10.4 Å². The number of esters is 1. The van der Waals surface area contributed by atoms with Crippen LogP contribution in [0, 0.1) is 0 Å². The molecule has 2 aromatic carbocycles. The summed E-state index contributed by atoms with van der Waals surface area (Å²) in [6.45, 7) is 1.48. The molecule has 1 heterocycles. The topological polar surface area (TPSA) is 82.5 Å². The molecule has 3 aromatic rings. The van der Waals surface area contributed by atoms with Crippen LogP contribution in [0.3, 0.4) is 0 Å². The molecule has 0 aliphatic carbocycles. The zero-order chi connectivity index (χ0) is 19.9. The zero-order valence-electron chi connectivity index (χ0n) is 15.7. The molecule has 0 aliphatic heterocycles. The van der Waals surface area contributed by atoms with Gasteiger partial charge in [0.1, 0.15) is 5.75 Å². The first kappa shape index (κ1) is 19.2. The van der Waals surface area contributed by atoms with E-state index in [9.17, 15) is 9.59 Å². The summed E-state index contributed by atoms with van der Waals surface area (Å²) < 4.78 is 12.1. The molecule has 0 spiro atoms. The molecule has 0 saturated heterocycles. The fraction of sp³-hybridized carbons (Fsp3) is 0.190. The van der Waals surface area contributed by atoms with Crippen LogP contribution in [-0.2, 0) is 9.53 Å². The standard InChI is InChI=1S/C21H21N3O4/c1-15(18-6-3-4-7-19(18)27-2)23-20(25)14-28-21(26)16-8-10-17(11-9-16)24-13-5-12-22-24/h3-13,15H,14H2,1-2H3,(H,23,25)/t15-/m1/s1. The smallest absolute Gasteiger partial charge is 0.338 e. The SMILES string of the molecule is COc1ccccc1[C@@H](C)NC(=O)COC(=O)c1ccc(-n2cccn2)cc1. The van der Waals surface area contributed by atoms with E-state index >= 15 is 0 Å². The van der Waals surface area contributed by atoms with Crippen LogP contribution < -0.4 is 10.1 Å². The number of benzene rings is 2. The molecule has 3 rings (SSSR count). The average molecular weight is 379 g/mol. The van der Waals surface area contributed by atoms with Crippen LogP contribution in [0.1, 0.15) is 28.9 Å². The third-order valence-electron chi connectivity index (χ3n) is 4.19. The summed E-state index contributed by atoms with van der Waals surface area (Å²) in [6, 6.07) is 15.7. The number of para-hydroxylation sites is 1. The third-order valence-corrected chi connectivity index (χ3v) is 4.19. The number of hydrogen-bond acceptors (Lipinski definition) is 5. The van der Waals surface area contributed by atoms with Gasteiger partial charge in [0.25, 0.3) is 5.91 Å². The van der Waals surface area contributed by atoms with Crippen LogP contribution in [0.5, 0.6) is 5.75 Å². The van der Waals surface area contributed by atoms with Crippen molar-refractivity contribution in [2.24, 2.45) is 0 Å². The molecule has 7 heteroatoms. The Kier molecular flexibility index (Phi) is 6.06. The van der Waals surface area contributed by atoms with Crippen molar-refractivity contribution in [1.82, 2.24) is 15.1 Å². The second-order valence-electron chi connectivity index (χ2n) is 6.10. The van der Waals surface area contributed by atoms with Crippen molar-refractivity contribution in [2.75, 3.05) is 13.7 Å². The maximum absolute atomic E-state index is 12.2. The Hall–Kier alpha value is -3.61. The highest BCUT2D eigenvalue weighted by atomic mass is 16.5. The van der Waals surface area contributed by atoms with Gasteiger partial charge >= 0.3 is 5.97 Å². The molecule has 7 nitrogen and oxygen atoms in total. The Morgan fingerprint density at radius 1 is 1.11 bits per heavy atom. The molecule has 1 amide bonds. The predicted octanol–water partition coefficient (Wildman–Crippen LogP) is 2.92. The lowest BCUT2D eigenvalue weighted by atomic mass is 10.1. The van der Waals surface area contributed by atoms with Crippen molar-refractivity contribution in [3.63, 3.8) is 0 Å². The Morgan fingerprint density at radius 3 is 2.54 bits per heavy atom. The average Bonchev–Trinajstić information content (AvgIpc) is 3.27. The lowest BCUT2D eigenvalue weighted by Crippen LogP contribution is -2.31. The van der Waals surface area contributed by atoms with E-state index in [0.29, 0.717) is 11.3 Å². The van der Waals surface area contributed by atoms with Gasteiger partial charge in [-0.25, -0.2) is 9.48 Å². The van der Waals surface area contributed by atoms with E-state index in [1.165, 1.54) is 0 Å². The number of carbonyl (C=O) groups is 2. The highest BCUT2D eigenvalue weighted by Crippen LogP contribution is 2.24. The maximum Gasteiger partial charge on any atom is 0.338 e. The lowest BCUT2D eigenvalue weighted by Gasteiger charge is -2.17. The van der Waals surface area contributed by atoms with Gasteiger partial charge in [-0.3, -0.25) is 4.79 Å². The van der Waals surface area contributed by atoms with Crippen LogP contribution in [0.15, 0.2) is 67.0 Å². The number of methoxy groups -OCH3 is 1. The van der Waals surface area contributed by atoms with Gasteiger partial charge in [0.05, 0.1) is 24.4 Å². The number of amides is 1. The fourth-order valence-electron chi connectivity index (χ4n) is 2.77. The quantitative estimate of drug-likeness (QED) is 0.638. The molecule has 0 fully saturated rings. The summed E-state index contributed by atoms with van der Waals surface area (Å²) >= 11 is 0. The van der Waals surface area contributed by atoms with Gasteiger partial charge in [0.2, 0.25) is 0 Å². The molecule has 1 atom stereocenters. The van der Waals surface area contributed by atoms with Gasteiger partial charge in [-0.15, -0.1) is 0 Å². The molecule has 0 saturated carbocycles. The second-order valence-corrected chi connectivity index (χ2v) is 6.10. The minimum absolute atomic E-state index is 0.282. The number of nitrogens with one attached hydrogen (secondary N) is 1. The van der Waals surface area contributed by atoms with Crippen molar-refractivity contribution < 1.29 is 19.1 Å². The number of rotatable bonds is 7. The minimum atomic E-state index is -0.563. The molecule has 1 N–H and O–H groups in total. The van der Waals surface area contributed by atoms with Crippen molar-refractivity contribution in [2.45, 2.75) is 13.0 Å². The van der Waals surface area contributed by atoms with Crippen LogP contribution in [-0.4, -0.2) is 35.4 Å². The van der Waals surface area contributed by atoms with Crippen LogP contribution in [0.2, 0.25) is 0 Å². The summed E-state index contributed by atoms with van der Waals surface area (Å²) in [5, 5.41) is 6.92. The van der Waals surface area contributed by atoms with Gasteiger partial charge in [-0.05, 0) is 43.3 Å². The zero-order valence-corrected chi connectivity index (χ0v) is 15.7. The highest BCUT2D eigenvalue weighted by Gasteiger charge is 2.15. The van der Waals surface area contributed by atoms with E-state index in [1.54, 1.807) is 48.5 Å². The number of ether oxygens (including phenoxy) is 2. The Balaban J connectivity index is 1.53. The maximum atomic E-state index is 12.2. The van der Waals surface area contributed by atoms with E-state index < -0.39 is 5.97 Å². The van der Waals surface area contributed by atoms with Gasteiger partial charge in [-0.1, -0.05) is 18.2 Å². The van der Waals surface area contributed by atoms with Gasteiger partial charge in [-0.2, -0.15) is 5.10 Å². The number of aromatic nitrogens is 2. The molecular formula is C21H21N3O4. The molecule has 144 valence electrons. The Labute approximate surface area is 162 Å². The van der Waals surface area contributed by atoms with Crippen LogP contribution in [0.4, 0.5) is 0 Å². The van der Waals surface area contributed by atoms with E-state index in [4.69, 9.17) is 9.47 Å². The van der Waals surface area contributed by atoms with Gasteiger partial charge in [0.15, 0.2) is 6.61 Å². The fourth-order valence-corrected chi connectivity index (χ4v) is 2.77. The van der Waals surface area contributed by atoms with Crippen molar-refractivity contribution >= 4 is 11.9 Å². The summed E-state index contributed by atoms with van der Waals surface area (Å²) in [4.78, 5) is 24.3. The summed E-state index contributed by atoms with van der Waals surface area (Å²) in [7, 11) is 1.58. The Bertz CT molecular complexity index is 937. The monoisotopic (exact) mass is 379 g/mol. The van der Waals surface area contributed by atoms with Gasteiger partial charge in [0, 0.05) is 18.0 Å². The molecule has 28 heavy (non-hydrogen) atoms. The first-order valence-corrected chi connectivity index (χ1v) is 8.78. The molecule has 0 bridgehead atoms. The first-order chi connectivity index (χ1) is 13.6. The molecule has 0 unspecified atom stereocenters. The second kappa shape index (κ2) is 8.85. The van der Waals surface area contributed by atoms with E-state index in [1.807, 2.05) is 37.3 Å². The third kappa shape index (κ3) is 4.56. The van der Waals surface area contributed by atoms with Crippen LogP contribution in [0.25, 0.3) is 5.69 Å². The summed E-state index contributed by atoms with van der Waals surface area (Å²) in [6.07, 6.45) is 3.48. The summed E-state index contributed by atoms with van der Waals surface area (Å²) in [5.74, 6) is -0.267. The molecular weight excluding hydrogens is 358 g/mol. The molecule has 0 aliphatic rings. The van der Waals surface area contributed by atoms with Crippen molar-refractivity contribution in [3.05, 3.63) is 78.1 Å². The van der Waals surface area contributed by atoms with Crippen LogP contribution >= 0.6 is 0 Å². The number of hydrogen-bond donors (Lipinski definition) is 1. The predicted molar refractivity (Wildman–Crippen MR) is 103 cm³/mol. The molecule has 0 radical (unpaired) electrons. The molecule has 1 aromatic heterocycles. The minimum Gasteiger partial charge on any atom is -0.496 e. The van der Waals surface area contributed by atoms with Gasteiger partial charge < -0.3 is 14.8 Å².